The summed E-state index contributed by atoms with van der Waals surface area (Å²) in [5.74, 6) is 0.540. The number of morpholine rings is 1. The van der Waals surface area contributed by atoms with Gasteiger partial charge >= 0.3 is 12.4 Å². The highest BCUT2D eigenvalue weighted by Crippen LogP contribution is 2.43. The third kappa shape index (κ3) is 6.04. The standard InChI is InChI=1S/C26H29F6N5O2/c1-16(17-12-19(25(27,28)29)14-20(13-17)26(30,31)32)39-23-24(2,18-8-6-5-7-9-18)37(10-11-38-23)22-21(15-36(3)4)33-35-34-22/h5-9,12-14,16,23H,10-11,15H2,1-4H3,(H,33,34,35)/t16-,23-,24+/m1/s1. The molecule has 39 heavy (non-hydrogen) atoms. The van der Waals surface area contributed by atoms with Gasteiger partial charge in [-0.3, -0.25) is 0 Å². The van der Waals surface area contributed by atoms with E-state index < -0.39 is 41.4 Å². The van der Waals surface area contributed by atoms with Crippen LogP contribution in [0.3, 0.4) is 0 Å². The molecule has 1 aliphatic heterocycles. The topological polar surface area (TPSA) is 66.5 Å². The monoisotopic (exact) mass is 557 g/mol. The molecule has 0 amide bonds. The number of hydrogen-bond acceptors (Lipinski definition) is 6. The van der Waals surface area contributed by atoms with E-state index in [-0.39, 0.29) is 18.2 Å². The Morgan fingerprint density at radius 2 is 1.67 bits per heavy atom. The molecule has 2 heterocycles. The van der Waals surface area contributed by atoms with Crippen molar-refractivity contribution >= 4 is 5.82 Å². The van der Waals surface area contributed by atoms with E-state index in [1.807, 2.05) is 61.2 Å². The van der Waals surface area contributed by atoms with Crippen LogP contribution in [-0.4, -0.2) is 53.8 Å². The van der Waals surface area contributed by atoms with Gasteiger partial charge in [0.15, 0.2) is 12.1 Å². The summed E-state index contributed by atoms with van der Waals surface area (Å²) in [6, 6.07) is 10.6. The lowest BCUT2D eigenvalue weighted by molar-refractivity contribution is -0.217. The second-order valence-corrected chi connectivity index (χ2v) is 9.82. The molecule has 0 radical (unpaired) electrons. The first kappa shape index (κ1) is 28.8. The fourth-order valence-corrected chi connectivity index (χ4v) is 4.68. The Morgan fingerprint density at radius 1 is 1.05 bits per heavy atom. The first-order valence-corrected chi connectivity index (χ1v) is 12.1. The number of nitrogens with zero attached hydrogens (tertiary/aromatic N) is 4. The Morgan fingerprint density at radius 3 is 2.23 bits per heavy atom. The highest BCUT2D eigenvalue weighted by atomic mass is 19.4. The van der Waals surface area contributed by atoms with Crippen LogP contribution in [0.1, 0.15) is 47.9 Å². The molecule has 1 aromatic heterocycles. The number of anilines is 1. The van der Waals surface area contributed by atoms with Crippen LogP contribution in [0.15, 0.2) is 48.5 Å². The van der Waals surface area contributed by atoms with Crippen molar-refractivity contribution in [1.29, 1.82) is 0 Å². The number of ether oxygens (including phenoxy) is 2. The maximum absolute atomic E-state index is 13.5. The van der Waals surface area contributed by atoms with E-state index >= 15 is 0 Å². The van der Waals surface area contributed by atoms with E-state index in [1.54, 1.807) is 0 Å². The summed E-state index contributed by atoms with van der Waals surface area (Å²) >= 11 is 0. The second-order valence-electron chi connectivity index (χ2n) is 9.82. The first-order valence-electron chi connectivity index (χ1n) is 12.1. The van der Waals surface area contributed by atoms with Crippen molar-refractivity contribution in [2.75, 3.05) is 32.1 Å². The minimum Gasteiger partial charge on any atom is -0.348 e. The maximum Gasteiger partial charge on any atom is 0.416 e. The summed E-state index contributed by atoms with van der Waals surface area (Å²) in [5.41, 5.74) is -2.75. The number of hydrogen-bond donors (Lipinski definition) is 1. The SMILES string of the molecule is C[C@@H](O[C@H]1OCCN(c2n[nH]nc2CN(C)C)[C@@]1(C)c1ccccc1)c1cc(C(F)(F)F)cc(C(F)(F)F)c1. The van der Waals surface area contributed by atoms with E-state index in [9.17, 15) is 26.3 Å². The van der Waals surface area contributed by atoms with Gasteiger partial charge in [-0.05, 0) is 57.3 Å². The summed E-state index contributed by atoms with van der Waals surface area (Å²) in [7, 11) is 3.76. The molecule has 1 fully saturated rings. The minimum atomic E-state index is -4.97. The number of aromatic nitrogens is 3. The maximum atomic E-state index is 13.5. The normalized spacial score (nSPS) is 21.4. The van der Waals surface area contributed by atoms with Gasteiger partial charge in [0, 0.05) is 13.1 Å². The Balaban J connectivity index is 1.75. The van der Waals surface area contributed by atoms with Gasteiger partial charge in [-0.25, -0.2) is 0 Å². The van der Waals surface area contributed by atoms with E-state index in [4.69, 9.17) is 9.47 Å². The predicted molar refractivity (Wildman–Crippen MR) is 131 cm³/mol. The summed E-state index contributed by atoms with van der Waals surface area (Å²) in [6.07, 6.45) is -12.2. The number of benzene rings is 2. The molecule has 0 unspecified atom stereocenters. The van der Waals surface area contributed by atoms with Gasteiger partial charge in [0.2, 0.25) is 0 Å². The number of alkyl halides is 6. The lowest BCUT2D eigenvalue weighted by atomic mass is 9.87. The average Bonchev–Trinajstić information content (AvgIpc) is 3.31. The number of aromatic amines is 1. The molecule has 1 aliphatic rings. The van der Waals surface area contributed by atoms with E-state index in [2.05, 4.69) is 15.4 Å². The number of rotatable bonds is 7. The summed E-state index contributed by atoms with van der Waals surface area (Å²) in [5, 5.41) is 11.3. The zero-order valence-corrected chi connectivity index (χ0v) is 21.8. The molecule has 0 bridgehead atoms. The molecule has 212 valence electrons. The van der Waals surface area contributed by atoms with Crippen molar-refractivity contribution in [2.45, 2.75) is 50.7 Å². The highest BCUT2D eigenvalue weighted by molar-refractivity contribution is 5.50. The molecule has 1 N–H and O–H groups in total. The van der Waals surface area contributed by atoms with Crippen LogP contribution in [0.5, 0.6) is 0 Å². The van der Waals surface area contributed by atoms with Crippen LogP contribution >= 0.6 is 0 Å². The van der Waals surface area contributed by atoms with Crippen LogP contribution in [0, 0.1) is 0 Å². The molecule has 3 aromatic rings. The van der Waals surface area contributed by atoms with Crippen LogP contribution in [0.25, 0.3) is 0 Å². The van der Waals surface area contributed by atoms with Crippen molar-refractivity contribution in [3.05, 3.63) is 76.5 Å². The smallest absolute Gasteiger partial charge is 0.348 e. The molecular formula is C26H29F6N5O2. The van der Waals surface area contributed by atoms with Crippen LogP contribution in [-0.2, 0) is 33.9 Å². The highest BCUT2D eigenvalue weighted by Gasteiger charge is 2.48. The van der Waals surface area contributed by atoms with Crippen molar-refractivity contribution in [2.24, 2.45) is 0 Å². The van der Waals surface area contributed by atoms with Crippen molar-refractivity contribution in [3.8, 4) is 0 Å². The molecule has 0 saturated carbocycles. The van der Waals surface area contributed by atoms with Gasteiger partial charge in [0.1, 0.15) is 11.2 Å². The van der Waals surface area contributed by atoms with Crippen molar-refractivity contribution in [1.82, 2.24) is 20.3 Å². The van der Waals surface area contributed by atoms with Crippen LogP contribution < -0.4 is 4.90 Å². The third-order valence-corrected chi connectivity index (χ3v) is 6.69. The first-order chi connectivity index (χ1) is 18.2. The van der Waals surface area contributed by atoms with E-state index in [0.717, 1.165) is 5.56 Å². The molecule has 0 spiro atoms. The Labute approximate surface area is 221 Å². The van der Waals surface area contributed by atoms with Crippen LogP contribution in [0.2, 0.25) is 0 Å². The molecule has 13 heteroatoms. The lowest BCUT2D eigenvalue weighted by Gasteiger charge is -2.50. The predicted octanol–water partition coefficient (Wildman–Crippen LogP) is 5.76. The zero-order chi connectivity index (χ0) is 28.6. The van der Waals surface area contributed by atoms with Gasteiger partial charge in [0.05, 0.1) is 23.8 Å². The molecule has 2 aromatic carbocycles. The Bertz CT molecular complexity index is 1230. The fourth-order valence-electron chi connectivity index (χ4n) is 4.68. The van der Waals surface area contributed by atoms with E-state index in [0.29, 0.717) is 36.7 Å². The van der Waals surface area contributed by atoms with Gasteiger partial charge in [-0.2, -0.15) is 36.7 Å². The summed E-state index contributed by atoms with van der Waals surface area (Å²) in [4.78, 5) is 3.86. The van der Waals surface area contributed by atoms with Crippen molar-refractivity contribution < 1.29 is 35.8 Å². The second kappa shape index (κ2) is 10.8. The van der Waals surface area contributed by atoms with Gasteiger partial charge in [-0.15, -0.1) is 5.10 Å². The molecule has 0 aliphatic carbocycles. The van der Waals surface area contributed by atoms with Gasteiger partial charge < -0.3 is 19.3 Å². The fraction of sp³-hybridized carbons (Fsp3) is 0.462. The average molecular weight is 558 g/mol. The molecule has 1 saturated heterocycles. The zero-order valence-electron chi connectivity index (χ0n) is 21.8. The van der Waals surface area contributed by atoms with Gasteiger partial charge in [-0.1, -0.05) is 30.3 Å². The number of H-pyrrole nitrogens is 1. The Hall–Kier alpha value is -3.16. The van der Waals surface area contributed by atoms with Crippen LogP contribution in [0.4, 0.5) is 32.2 Å². The quantitative estimate of drug-likeness (QED) is 0.373. The number of halogens is 6. The molecule has 3 atom stereocenters. The van der Waals surface area contributed by atoms with Gasteiger partial charge in [0.25, 0.3) is 0 Å². The molecule has 7 nitrogen and oxygen atoms in total. The molecular weight excluding hydrogens is 528 g/mol. The minimum absolute atomic E-state index is 0.0972. The van der Waals surface area contributed by atoms with E-state index in [1.165, 1.54) is 6.92 Å². The Kier molecular flexibility index (Phi) is 7.97. The molecule has 4 rings (SSSR count). The lowest BCUT2D eigenvalue weighted by Crippen LogP contribution is -2.60. The van der Waals surface area contributed by atoms with Crippen molar-refractivity contribution in [3.63, 3.8) is 0 Å². The largest absolute Gasteiger partial charge is 0.416 e. The third-order valence-electron chi connectivity index (χ3n) is 6.69. The number of nitrogens with one attached hydrogen (secondary N) is 1. The summed E-state index contributed by atoms with van der Waals surface area (Å²) < 4.78 is 93.1. The summed E-state index contributed by atoms with van der Waals surface area (Å²) in [6.45, 7) is 4.26.